The number of benzene rings is 2. The average Bonchev–Trinajstić information content (AvgIpc) is 2.91. The molecule has 0 bridgehead atoms. The van der Waals surface area contributed by atoms with Crippen LogP contribution in [-0.2, 0) is 19.3 Å². The summed E-state index contributed by atoms with van der Waals surface area (Å²) in [4.78, 5) is 0. The molecule has 0 saturated carbocycles. The standard InChI is InChI=1S/C17H18BrFN2/c18-16-6-5-15(19)9-13(16)10-17(21-20)14-7-11-3-1-2-4-12(11)8-14/h1-6,9,14,17,21H,7-8,10,20H2. The van der Waals surface area contributed by atoms with Crippen molar-refractivity contribution in [1.29, 1.82) is 0 Å². The number of nitrogens with two attached hydrogens (primary N) is 1. The van der Waals surface area contributed by atoms with E-state index in [1.165, 1.54) is 17.2 Å². The summed E-state index contributed by atoms with van der Waals surface area (Å²) < 4.78 is 14.4. The molecule has 110 valence electrons. The predicted octanol–water partition coefficient (Wildman–Crippen LogP) is 3.38. The normalized spacial score (nSPS) is 16.0. The van der Waals surface area contributed by atoms with Crippen LogP contribution in [0.5, 0.6) is 0 Å². The zero-order chi connectivity index (χ0) is 14.8. The van der Waals surface area contributed by atoms with Gasteiger partial charge in [0, 0.05) is 10.5 Å². The van der Waals surface area contributed by atoms with Crippen LogP contribution < -0.4 is 11.3 Å². The van der Waals surface area contributed by atoms with Crippen molar-refractivity contribution in [3.63, 3.8) is 0 Å². The van der Waals surface area contributed by atoms with E-state index >= 15 is 0 Å². The molecule has 0 amide bonds. The number of hydrogen-bond donors (Lipinski definition) is 2. The van der Waals surface area contributed by atoms with E-state index in [0.29, 0.717) is 12.3 Å². The molecule has 0 aliphatic heterocycles. The molecule has 0 aromatic heterocycles. The van der Waals surface area contributed by atoms with Crippen LogP contribution in [0.4, 0.5) is 4.39 Å². The molecule has 2 aromatic rings. The van der Waals surface area contributed by atoms with E-state index in [4.69, 9.17) is 5.84 Å². The van der Waals surface area contributed by atoms with Gasteiger partial charge in [0.15, 0.2) is 0 Å². The van der Waals surface area contributed by atoms with Gasteiger partial charge in [-0.1, -0.05) is 40.2 Å². The lowest BCUT2D eigenvalue weighted by Gasteiger charge is -2.23. The summed E-state index contributed by atoms with van der Waals surface area (Å²) in [6.07, 6.45) is 2.77. The molecular weight excluding hydrogens is 331 g/mol. The van der Waals surface area contributed by atoms with Crippen LogP contribution in [0.25, 0.3) is 0 Å². The first-order chi connectivity index (χ1) is 10.2. The third-order valence-electron chi connectivity index (χ3n) is 4.31. The van der Waals surface area contributed by atoms with Crippen molar-refractivity contribution in [2.45, 2.75) is 25.3 Å². The Hall–Kier alpha value is -1.23. The van der Waals surface area contributed by atoms with Crippen molar-refractivity contribution in [3.8, 4) is 0 Å². The molecule has 0 heterocycles. The van der Waals surface area contributed by atoms with Gasteiger partial charge in [-0.3, -0.25) is 11.3 Å². The topological polar surface area (TPSA) is 38.0 Å². The zero-order valence-corrected chi connectivity index (χ0v) is 13.2. The predicted molar refractivity (Wildman–Crippen MR) is 86.3 cm³/mol. The number of fused-ring (bicyclic) bond motifs is 1. The smallest absolute Gasteiger partial charge is 0.123 e. The van der Waals surface area contributed by atoms with Crippen LogP contribution in [-0.4, -0.2) is 6.04 Å². The van der Waals surface area contributed by atoms with Gasteiger partial charge in [0.05, 0.1) is 0 Å². The average molecular weight is 349 g/mol. The highest BCUT2D eigenvalue weighted by Gasteiger charge is 2.28. The minimum atomic E-state index is -0.210. The van der Waals surface area contributed by atoms with E-state index in [1.54, 1.807) is 12.1 Å². The molecule has 3 rings (SSSR count). The largest absolute Gasteiger partial charge is 0.271 e. The van der Waals surface area contributed by atoms with E-state index in [2.05, 4.69) is 45.6 Å². The minimum Gasteiger partial charge on any atom is -0.271 e. The first-order valence-corrected chi connectivity index (χ1v) is 7.93. The second-order valence-electron chi connectivity index (χ2n) is 5.65. The second-order valence-corrected chi connectivity index (χ2v) is 6.50. The Morgan fingerprint density at radius 3 is 2.48 bits per heavy atom. The Morgan fingerprint density at radius 1 is 1.19 bits per heavy atom. The van der Waals surface area contributed by atoms with Crippen LogP contribution >= 0.6 is 15.9 Å². The van der Waals surface area contributed by atoms with Crippen molar-refractivity contribution in [2.75, 3.05) is 0 Å². The third-order valence-corrected chi connectivity index (χ3v) is 5.09. The highest BCUT2D eigenvalue weighted by molar-refractivity contribution is 9.10. The van der Waals surface area contributed by atoms with E-state index in [-0.39, 0.29) is 11.9 Å². The van der Waals surface area contributed by atoms with Crippen LogP contribution in [0.15, 0.2) is 46.9 Å². The second kappa shape index (κ2) is 6.26. The Labute approximate surface area is 132 Å². The molecule has 0 radical (unpaired) electrons. The van der Waals surface area contributed by atoms with Crippen LogP contribution in [0.2, 0.25) is 0 Å². The Morgan fingerprint density at radius 2 is 1.86 bits per heavy atom. The molecule has 1 atom stereocenters. The maximum Gasteiger partial charge on any atom is 0.123 e. The zero-order valence-electron chi connectivity index (χ0n) is 11.7. The monoisotopic (exact) mass is 348 g/mol. The van der Waals surface area contributed by atoms with Crippen molar-refractivity contribution in [1.82, 2.24) is 5.43 Å². The molecule has 1 aliphatic rings. The summed E-state index contributed by atoms with van der Waals surface area (Å²) in [5.74, 6) is 6.00. The molecule has 3 N–H and O–H groups in total. The van der Waals surface area contributed by atoms with Gasteiger partial charge in [0.2, 0.25) is 0 Å². The van der Waals surface area contributed by atoms with Gasteiger partial charge in [0.25, 0.3) is 0 Å². The SMILES string of the molecule is NNC(Cc1cc(F)ccc1Br)C1Cc2ccccc2C1. The molecule has 2 nitrogen and oxygen atoms in total. The molecular formula is C17H18BrFN2. The maximum absolute atomic E-state index is 13.4. The number of nitrogens with one attached hydrogen (secondary N) is 1. The van der Waals surface area contributed by atoms with Gasteiger partial charge >= 0.3 is 0 Å². The summed E-state index contributed by atoms with van der Waals surface area (Å²) >= 11 is 3.49. The van der Waals surface area contributed by atoms with Crippen LogP contribution in [0.3, 0.4) is 0 Å². The van der Waals surface area contributed by atoms with Gasteiger partial charge in [-0.05, 0) is 60.1 Å². The van der Waals surface area contributed by atoms with Crippen LogP contribution in [0.1, 0.15) is 16.7 Å². The van der Waals surface area contributed by atoms with Gasteiger partial charge in [-0.2, -0.15) is 0 Å². The Balaban J connectivity index is 1.76. The number of hydrazine groups is 1. The van der Waals surface area contributed by atoms with Gasteiger partial charge < -0.3 is 0 Å². The number of rotatable bonds is 4. The minimum absolute atomic E-state index is 0.135. The van der Waals surface area contributed by atoms with E-state index < -0.39 is 0 Å². The Kier molecular flexibility index (Phi) is 4.38. The molecule has 1 aliphatic carbocycles. The number of hydrogen-bond acceptors (Lipinski definition) is 2. The fourth-order valence-corrected chi connectivity index (χ4v) is 3.58. The third kappa shape index (κ3) is 3.18. The fraction of sp³-hybridized carbons (Fsp3) is 0.294. The molecule has 0 saturated heterocycles. The van der Waals surface area contributed by atoms with Crippen LogP contribution in [0, 0.1) is 11.7 Å². The summed E-state index contributed by atoms with van der Waals surface area (Å²) in [7, 11) is 0. The lowest BCUT2D eigenvalue weighted by atomic mass is 9.91. The van der Waals surface area contributed by atoms with Crippen molar-refractivity contribution < 1.29 is 4.39 Å². The first kappa shape index (κ1) is 14.7. The molecule has 4 heteroatoms. The summed E-state index contributed by atoms with van der Waals surface area (Å²) in [5.41, 5.74) is 6.69. The van der Waals surface area contributed by atoms with Crippen molar-refractivity contribution in [2.24, 2.45) is 11.8 Å². The lowest BCUT2D eigenvalue weighted by Crippen LogP contribution is -2.43. The highest BCUT2D eigenvalue weighted by atomic mass is 79.9. The maximum atomic E-state index is 13.4. The van der Waals surface area contributed by atoms with E-state index in [0.717, 1.165) is 22.9 Å². The molecule has 0 fully saturated rings. The van der Waals surface area contributed by atoms with Gasteiger partial charge in [0.1, 0.15) is 5.82 Å². The lowest BCUT2D eigenvalue weighted by molar-refractivity contribution is 0.366. The Bertz CT molecular complexity index is 619. The van der Waals surface area contributed by atoms with Crippen molar-refractivity contribution in [3.05, 3.63) is 69.4 Å². The van der Waals surface area contributed by atoms with Crippen molar-refractivity contribution >= 4 is 15.9 Å². The number of halogens is 2. The molecule has 2 aromatic carbocycles. The summed E-state index contributed by atoms with van der Waals surface area (Å²) in [6.45, 7) is 0. The van der Waals surface area contributed by atoms with E-state index in [1.807, 2.05) is 0 Å². The first-order valence-electron chi connectivity index (χ1n) is 7.14. The highest BCUT2D eigenvalue weighted by Crippen LogP contribution is 2.30. The fourth-order valence-electron chi connectivity index (χ4n) is 3.18. The van der Waals surface area contributed by atoms with Gasteiger partial charge in [-0.15, -0.1) is 0 Å². The summed E-state index contributed by atoms with van der Waals surface area (Å²) in [6, 6.07) is 13.4. The van der Waals surface area contributed by atoms with E-state index in [9.17, 15) is 4.39 Å². The quantitative estimate of drug-likeness (QED) is 0.656. The molecule has 1 unspecified atom stereocenters. The molecule has 0 spiro atoms. The van der Waals surface area contributed by atoms with Gasteiger partial charge in [-0.25, -0.2) is 4.39 Å². The summed E-state index contributed by atoms with van der Waals surface area (Å²) in [5, 5.41) is 0. The molecule has 21 heavy (non-hydrogen) atoms.